The predicted octanol–water partition coefficient (Wildman–Crippen LogP) is 2.43. The van der Waals surface area contributed by atoms with E-state index in [0.29, 0.717) is 0 Å². The monoisotopic (exact) mass is 210 g/mol. The van der Waals surface area contributed by atoms with E-state index in [1.54, 1.807) is 4.43 Å². The van der Waals surface area contributed by atoms with Gasteiger partial charge in [0, 0.05) is 0 Å². The fourth-order valence-electron chi connectivity index (χ4n) is 0.645. The van der Waals surface area contributed by atoms with Crippen molar-refractivity contribution in [3.05, 3.63) is 10.2 Å². The second-order valence-corrected chi connectivity index (χ2v) is 9.12. The van der Waals surface area contributed by atoms with Crippen LogP contribution in [-0.2, 0) is 0 Å². The molecule has 0 N–H and O–H groups in total. The Kier molecular flexibility index (Phi) is 1.41. The molecule has 0 aliphatic carbocycles. The molecule has 1 aliphatic rings. The van der Waals surface area contributed by atoms with Crippen LogP contribution in [0.1, 0.15) is 13.8 Å². The Hall–Kier alpha value is 0.470. The van der Waals surface area contributed by atoms with Crippen LogP contribution in [0.3, 0.4) is 0 Å². The van der Waals surface area contributed by atoms with Crippen LogP contribution >= 0.6 is 19.8 Å². The van der Waals surface area contributed by atoms with Crippen molar-refractivity contribution < 1.29 is 0 Å². The van der Waals surface area contributed by atoms with E-state index in [0.717, 1.165) is 3.92 Å². The molecule has 7 heavy (non-hydrogen) atoms. The standard InChI is InChI=1S/C6H11I/c1-5(2)7-4-6(7)3/h6H,1,4H2,2-3H3. The van der Waals surface area contributed by atoms with E-state index in [1.807, 2.05) is 0 Å². The first kappa shape index (κ1) is 5.60. The van der Waals surface area contributed by atoms with Crippen molar-refractivity contribution in [3.8, 4) is 0 Å². The Balaban J connectivity index is 2.33. The fourth-order valence-corrected chi connectivity index (χ4v) is 5.44. The first-order valence-corrected chi connectivity index (χ1v) is 6.36. The van der Waals surface area contributed by atoms with E-state index < -0.39 is 19.8 Å². The third kappa shape index (κ3) is 1.18. The summed E-state index contributed by atoms with van der Waals surface area (Å²) in [5, 5.41) is 0. The van der Waals surface area contributed by atoms with Gasteiger partial charge >= 0.3 is 52.2 Å². The second-order valence-electron chi connectivity index (χ2n) is 2.01. The van der Waals surface area contributed by atoms with Crippen LogP contribution in [0.5, 0.6) is 0 Å². The van der Waals surface area contributed by atoms with Crippen LogP contribution in [0, 0.1) is 0 Å². The molecule has 0 saturated carbocycles. The summed E-state index contributed by atoms with van der Waals surface area (Å²) in [4.78, 5) is 0. The average Bonchev–Trinajstić information content (AvgIpc) is 2.17. The molecule has 1 atom stereocenters. The van der Waals surface area contributed by atoms with Crippen molar-refractivity contribution in [1.29, 1.82) is 0 Å². The Bertz CT molecular complexity index is 96.4. The summed E-state index contributed by atoms with van der Waals surface area (Å²) in [6, 6.07) is 0. The van der Waals surface area contributed by atoms with Gasteiger partial charge in [0.15, 0.2) is 0 Å². The number of rotatable bonds is 1. The van der Waals surface area contributed by atoms with Gasteiger partial charge in [-0.15, -0.1) is 0 Å². The van der Waals surface area contributed by atoms with E-state index in [-0.39, 0.29) is 0 Å². The van der Waals surface area contributed by atoms with Crippen LogP contribution in [0.15, 0.2) is 10.2 Å². The van der Waals surface area contributed by atoms with Gasteiger partial charge in [0.25, 0.3) is 0 Å². The topological polar surface area (TPSA) is 0 Å². The van der Waals surface area contributed by atoms with Gasteiger partial charge in [0.2, 0.25) is 0 Å². The molecule has 0 aromatic carbocycles. The summed E-state index contributed by atoms with van der Waals surface area (Å²) in [5.74, 6) is 0. The first-order valence-electron chi connectivity index (χ1n) is 2.51. The molecule has 0 aromatic rings. The van der Waals surface area contributed by atoms with Crippen LogP contribution < -0.4 is 0 Å². The van der Waals surface area contributed by atoms with Gasteiger partial charge in [0.1, 0.15) is 0 Å². The summed E-state index contributed by atoms with van der Waals surface area (Å²) in [6.07, 6.45) is 0. The number of halogens is 1. The molecule has 0 bridgehead atoms. The van der Waals surface area contributed by atoms with Crippen LogP contribution in [0.25, 0.3) is 0 Å². The molecule has 0 spiro atoms. The van der Waals surface area contributed by atoms with Crippen LogP contribution in [0.4, 0.5) is 0 Å². The first-order chi connectivity index (χ1) is 3.22. The van der Waals surface area contributed by atoms with Gasteiger partial charge in [-0.25, -0.2) is 0 Å². The molecule has 42 valence electrons. The molecule has 1 fully saturated rings. The molecular weight excluding hydrogens is 199 g/mol. The molecule has 0 amide bonds. The van der Waals surface area contributed by atoms with Crippen molar-refractivity contribution in [3.63, 3.8) is 0 Å². The van der Waals surface area contributed by atoms with Gasteiger partial charge < -0.3 is 0 Å². The van der Waals surface area contributed by atoms with Gasteiger partial charge in [-0.05, 0) is 0 Å². The van der Waals surface area contributed by atoms with Gasteiger partial charge in [-0.2, -0.15) is 0 Å². The van der Waals surface area contributed by atoms with Gasteiger partial charge in [-0.1, -0.05) is 0 Å². The van der Waals surface area contributed by atoms with Crippen molar-refractivity contribution in [2.45, 2.75) is 17.8 Å². The summed E-state index contributed by atoms with van der Waals surface area (Å²) in [7, 11) is 0. The quantitative estimate of drug-likeness (QED) is 0.460. The summed E-state index contributed by atoms with van der Waals surface area (Å²) < 4.78 is 4.16. The molecule has 1 unspecified atom stereocenters. The van der Waals surface area contributed by atoms with E-state index in [9.17, 15) is 0 Å². The van der Waals surface area contributed by atoms with E-state index in [1.165, 1.54) is 3.58 Å². The molecule has 1 heterocycles. The number of alkyl halides is 2. The molecule has 1 rings (SSSR count). The van der Waals surface area contributed by atoms with Gasteiger partial charge in [-0.3, -0.25) is 0 Å². The Labute approximate surface area is 52.4 Å². The molecule has 0 nitrogen and oxygen atoms in total. The summed E-state index contributed by atoms with van der Waals surface area (Å²) in [6.45, 7) is 8.47. The van der Waals surface area contributed by atoms with Gasteiger partial charge in [0.05, 0.1) is 0 Å². The number of hydrogen-bond acceptors (Lipinski definition) is 0. The number of allylic oxidation sites excluding steroid dienone is 1. The fraction of sp³-hybridized carbons (Fsp3) is 0.667. The maximum atomic E-state index is 3.94. The van der Waals surface area contributed by atoms with Crippen LogP contribution in [-0.4, -0.2) is 8.35 Å². The Morgan fingerprint density at radius 1 is 1.86 bits per heavy atom. The SMILES string of the molecule is C=C(C)I1CC1C. The van der Waals surface area contributed by atoms with Crippen LogP contribution in [0.2, 0.25) is 0 Å². The Morgan fingerprint density at radius 3 is 2.29 bits per heavy atom. The third-order valence-electron chi connectivity index (χ3n) is 1.14. The molecule has 1 heteroatoms. The summed E-state index contributed by atoms with van der Waals surface area (Å²) in [5.41, 5.74) is 0. The number of hydrogen-bond donors (Lipinski definition) is 0. The Morgan fingerprint density at radius 2 is 2.29 bits per heavy atom. The minimum atomic E-state index is -0.431. The van der Waals surface area contributed by atoms with E-state index in [2.05, 4.69) is 20.4 Å². The van der Waals surface area contributed by atoms with Crippen molar-refractivity contribution in [2.24, 2.45) is 0 Å². The molecule has 1 aliphatic heterocycles. The van der Waals surface area contributed by atoms with Crippen molar-refractivity contribution in [2.75, 3.05) is 4.43 Å². The van der Waals surface area contributed by atoms with Crippen molar-refractivity contribution in [1.82, 2.24) is 0 Å². The molecule has 0 radical (unpaired) electrons. The second kappa shape index (κ2) is 1.77. The normalized spacial score (nSPS) is 32.9. The third-order valence-corrected chi connectivity index (χ3v) is 7.65. The van der Waals surface area contributed by atoms with E-state index >= 15 is 0 Å². The molecule has 0 aromatic heterocycles. The molecular formula is C6H11I. The van der Waals surface area contributed by atoms with Crippen molar-refractivity contribution >= 4 is 19.8 Å². The minimum absolute atomic E-state index is 0.431. The zero-order valence-corrected chi connectivity index (χ0v) is 7.03. The van der Waals surface area contributed by atoms with E-state index in [4.69, 9.17) is 0 Å². The zero-order valence-electron chi connectivity index (χ0n) is 4.87. The maximum absolute atomic E-state index is 3.94. The summed E-state index contributed by atoms with van der Waals surface area (Å²) >= 11 is -0.431. The zero-order chi connectivity index (χ0) is 5.44. The molecule has 1 saturated heterocycles. The predicted molar refractivity (Wildman–Crippen MR) is 43.2 cm³/mol. The average molecular weight is 210 g/mol.